The van der Waals surface area contributed by atoms with Crippen LogP contribution in [0.5, 0.6) is 0 Å². The topological polar surface area (TPSA) is 87.5 Å². The molecule has 17 heavy (non-hydrogen) atoms. The Labute approximate surface area is 101 Å². The first kappa shape index (κ1) is 12.3. The van der Waals surface area contributed by atoms with E-state index in [0.29, 0.717) is 6.04 Å². The first-order valence-electron chi connectivity index (χ1n) is 6.20. The summed E-state index contributed by atoms with van der Waals surface area (Å²) in [6, 6.07) is -0.130. The number of carbonyl (C=O) groups is 2. The Kier molecular flexibility index (Phi) is 3.96. The third kappa shape index (κ3) is 3.67. The van der Waals surface area contributed by atoms with Crippen molar-refractivity contribution >= 4 is 11.8 Å². The summed E-state index contributed by atoms with van der Waals surface area (Å²) in [7, 11) is 0. The Hall–Kier alpha value is -1.14. The summed E-state index contributed by atoms with van der Waals surface area (Å²) < 4.78 is 0. The lowest BCUT2D eigenvalue weighted by atomic mass is 10.1. The summed E-state index contributed by atoms with van der Waals surface area (Å²) in [5.74, 6) is -0.465. The molecule has 2 amide bonds. The van der Waals surface area contributed by atoms with Crippen LogP contribution in [0.3, 0.4) is 0 Å². The van der Waals surface area contributed by atoms with E-state index in [-0.39, 0.29) is 12.3 Å². The van der Waals surface area contributed by atoms with Crippen molar-refractivity contribution in [3.05, 3.63) is 0 Å². The predicted molar refractivity (Wildman–Crippen MR) is 63.2 cm³/mol. The number of primary amides is 1. The molecule has 96 valence electrons. The van der Waals surface area contributed by atoms with Crippen LogP contribution < -0.4 is 16.4 Å². The van der Waals surface area contributed by atoms with Gasteiger partial charge >= 0.3 is 0 Å². The van der Waals surface area contributed by atoms with Crippen molar-refractivity contribution < 1.29 is 9.59 Å². The van der Waals surface area contributed by atoms with Gasteiger partial charge in [-0.3, -0.25) is 14.5 Å². The molecule has 0 bridgehead atoms. The number of hydrogen-bond acceptors (Lipinski definition) is 4. The van der Waals surface area contributed by atoms with Crippen LogP contribution in [-0.2, 0) is 9.59 Å². The minimum Gasteiger partial charge on any atom is -0.368 e. The number of carbonyl (C=O) groups excluding carboxylic acids is 2. The molecule has 0 radical (unpaired) electrons. The minimum absolute atomic E-state index is 0.0603. The van der Waals surface area contributed by atoms with Gasteiger partial charge in [0.25, 0.3) is 0 Å². The van der Waals surface area contributed by atoms with Crippen LogP contribution in [0, 0.1) is 0 Å². The molecule has 1 aliphatic carbocycles. The van der Waals surface area contributed by atoms with E-state index >= 15 is 0 Å². The van der Waals surface area contributed by atoms with E-state index in [4.69, 9.17) is 5.73 Å². The zero-order chi connectivity index (χ0) is 12.3. The smallest absolute Gasteiger partial charge is 0.235 e. The lowest BCUT2D eigenvalue weighted by molar-refractivity contribution is -0.130. The Balaban J connectivity index is 1.86. The van der Waals surface area contributed by atoms with Crippen LogP contribution in [-0.4, -0.2) is 55.0 Å². The van der Waals surface area contributed by atoms with Crippen LogP contribution in [0.4, 0.5) is 0 Å². The maximum absolute atomic E-state index is 11.7. The Morgan fingerprint density at radius 3 is 2.53 bits per heavy atom. The van der Waals surface area contributed by atoms with Gasteiger partial charge in [0.1, 0.15) is 0 Å². The Morgan fingerprint density at radius 1 is 1.35 bits per heavy atom. The summed E-state index contributed by atoms with van der Waals surface area (Å²) in [6.45, 7) is 3.22. The number of amides is 2. The Morgan fingerprint density at radius 2 is 2.00 bits per heavy atom. The number of nitrogens with one attached hydrogen (secondary N) is 2. The van der Waals surface area contributed by atoms with Gasteiger partial charge in [0.05, 0.1) is 12.5 Å². The molecule has 4 N–H and O–H groups in total. The quantitative estimate of drug-likeness (QED) is 0.541. The van der Waals surface area contributed by atoms with E-state index < -0.39 is 11.9 Å². The average molecular weight is 240 g/mol. The van der Waals surface area contributed by atoms with Gasteiger partial charge in [-0.25, -0.2) is 0 Å². The second-order valence-electron chi connectivity index (χ2n) is 4.75. The van der Waals surface area contributed by atoms with Crippen LogP contribution in [0.15, 0.2) is 0 Å². The first-order valence-corrected chi connectivity index (χ1v) is 6.20. The molecule has 2 aliphatic rings. The molecule has 0 spiro atoms. The summed E-state index contributed by atoms with van der Waals surface area (Å²) in [4.78, 5) is 25.1. The van der Waals surface area contributed by atoms with Gasteiger partial charge in [-0.1, -0.05) is 0 Å². The highest BCUT2D eigenvalue weighted by molar-refractivity contribution is 5.87. The maximum atomic E-state index is 11.7. The van der Waals surface area contributed by atoms with Crippen molar-refractivity contribution in [2.24, 2.45) is 5.73 Å². The van der Waals surface area contributed by atoms with E-state index in [1.54, 1.807) is 0 Å². The van der Waals surface area contributed by atoms with E-state index in [0.717, 1.165) is 39.0 Å². The van der Waals surface area contributed by atoms with Gasteiger partial charge in [0, 0.05) is 32.2 Å². The average Bonchev–Trinajstić information content (AvgIpc) is 3.10. The molecule has 6 heteroatoms. The monoisotopic (exact) mass is 240 g/mol. The van der Waals surface area contributed by atoms with Crippen molar-refractivity contribution in [3.63, 3.8) is 0 Å². The fraction of sp³-hybridized carbons (Fsp3) is 0.818. The van der Waals surface area contributed by atoms with Crippen molar-refractivity contribution in [3.8, 4) is 0 Å². The summed E-state index contributed by atoms with van der Waals surface area (Å²) in [5.41, 5.74) is 5.38. The molecule has 1 atom stereocenters. The van der Waals surface area contributed by atoms with Gasteiger partial charge in [-0.15, -0.1) is 0 Å². The maximum Gasteiger partial charge on any atom is 0.235 e. The zero-order valence-electron chi connectivity index (χ0n) is 9.95. The van der Waals surface area contributed by atoms with Gasteiger partial charge < -0.3 is 16.4 Å². The fourth-order valence-corrected chi connectivity index (χ4v) is 2.09. The first-order chi connectivity index (χ1) is 8.16. The number of nitrogens with zero attached hydrogens (tertiary/aromatic N) is 1. The van der Waals surface area contributed by atoms with Crippen molar-refractivity contribution in [1.82, 2.24) is 15.5 Å². The van der Waals surface area contributed by atoms with Crippen molar-refractivity contribution in [1.29, 1.82) is 0 Å². The molecular weight excluding hydrogens is 220 g/mol. The normalized spacial score (nSPS) is 23.1. The molecule has 6 nitrogen and oxygen atoms in total. The highest BCUT2D eigenvalue weighted by Crippen LogP contribution is 2.19. The molecule has 2 rings (SSSR count). The molecule has 0 aromatic carbocycles. The largest absolute Gasteiger partial charge is 0.368 e. The minimum atomic E-state index is -0.462. The van der Waals surface area contributed by atoms with Crippen LogP contribution in [0.1, 0.15) is 19.3 Å². The highest BCUT2D eigenvalue weighted by atomic mass is 16.2. The molecule has 1 saturated heterocycles. The van der Waals surface area contributed by atoms with Gasteiger partial charge in [0.2, 0.25) is 11.8 Å². The second-order valence-corrected chi connectivity index (χ2v) is 4.75. The third-order valence-electron chi connectivity index (χ3n) is 3.24. The van der Waals surface area contributed by atoms with Crippen LogP contribution >= 0.6 is 0 Å². The van der Waals surface area contributed by atoms with E-state index in [1.165, 1.54) is 0 Å². The molecule has 2 fully saturated rings. The van der Waals surface area contributed by atoms with Gasteiger partial charge in [-0.05, 0) is 12.8 Å². The fourth-order valence-electron chi connectivity index (χ4n) is 2.09. The van der Waals surface area contributed by atoms with E-state index in [2.05, 4.69) is 10.6 Å². The molecule has 1 saturated carbocycles. The lowest BCUT2D eigenvalue weighted by Crippen LogP contribution is -2.54. The van der Waals surface area contributed by atoms with Gasteiger partial charge in [0.15, 0.2) is 0 Å². The highest BCUT2D eigenvalue weighted by Gasteiger charge is 2.30. The van der Waals surface area contributed by atoms with Crippen molar-refractivity contribution in [2.75, 3.05) is 26.2 Å². The molecular formula is C11H20N4O2. The Bertz CT molecular complexity index is 298. The summed E-state index contributed by atoms with van der Waals surface area (Å²) in [6.07, 6.45) is 2.30. The zero-order valence-corrected chi connectivity index (χ0v) is 9.95. The molecule has 0 aromatic heterocycles. The predicted octanol–water partition coefficient (Wildman–Crippen LogP) is -1.59. The molecule has 1 unspecified atom stereocenters. The SMILES string of the molecule is NC(=O)C(CC(=O)NC1CC1)N1CCNCC1. The summed E-state index contributed by atoms with van der Waals surface area (Å²) in [5, 5.41) is 6.10. The van der Waals surface area contributed by atoms with Crippen LogP contribution in [0.25, 0.3) is 0 Å². The number of hydrogen-bond donors (Lipinski definition) is 3. The lowest BCUT2D eigenvalue weighted by Gasteiger charge is -2.32. The molecule has 1 heterocycles. The van der Waals surface area contributed by atoms with Crippen molar-refractivity contribution in [2.45, 2.75) is 31.3 Å². The van der Waals surface area contributed by atoms with E-state index in [1.807, 2.05) is 4.90 Å². The number of rotatable bonds is 5. The standard InChI is InChI=1S/C11H20N4O2/c12-11(17)9(15-5-3-13-4-6-15)7-10(16)14-8-1-2-8/h8-9,13H,1-7H2,(H2,12,17)(H,14,16). The molecule has 0 aromatic rings. The van der Waals surface area contributed by atoms with E-state index in [9.17, 15) is 9.59 Å². The third-order valence-corrected chi connectivity index (χ3v) is 3.24. The number of nitrogens with two attached hydrogens (primary N) is 1. The molecule has 1 aliphatic heterocycles. The van der Waals surface area contributed by atoms with Crippen LogP contribution in [0.2, 0.25) is 0 Å². The van der Waals surface area contributed by atoms with Gasteiger partial charge in [-0.2, -0.15) is 0 Å². The number of piperazine rings is 1. The summed E-state index contributed by atoms with van der Waals surface area (Å²) >= 11 is 0. The second kappa shape index (κ2) is 5.46.